The molecule has 116 valence electrons. The van der Waals surface area contributed by atoms with Gasteiger partial charge in [0.25, 0.3) is 0 Å². The van der Waals surface area contributed by atoms with Crippen LogP contribution in [-0.2, 0) is 10.2 Å². The summed E-state index contributed by atoms with van der Waals surface area (Å²) in [6, 6.07) is 6.34. The molecular formula is C17H24FNO2. The van der Waals surface area contributed by atoms with Crippen molar-refractivity contribution in [3.05, 3.63) is 35.6 Å². The fraction of sp³-hybridized carbons (Fsp3) is 0.588. The summed E-state index contributed by atoms with van der Waals surface area (Å²) in [5, 5.41) is 12.1. The highest BCUT2D eigenvalue weighted by atomic mass is 19.1. The van der Waals surface area contributed by atoms with Gasteiger partial charge in [0.15, 0.2) is 0 Å². The smallest absolute Gasteiger partial charge is 0.230 e. The SMILES string of the molecule is CCCC(CCO)CNC(=O)C1(c2cccc(F)c2)CC1. The van der Waals surface area contributed by atoms with E-state index >= 15 is 0 Å². The first kappa shape index (κ1) is 16.0. The third-order valence-corrected chi connectivity index (χ3v) is 4.35. The molecule has 0 spiro atoms. The van der Waals surface area contributed by atoms with E-state index in [0.29, 0.717) is 18.9 Å². The number of aliphatic hydroxyl groups excluding tert-OH is 1. The Hall–Kier alpha value is -1.42. The minimum Gasteiger partial charge on any atom is -0.396 e. The maximum Gasteiger partial charge on any atom is 0.230 e. The minimum absolute atomic E-state index is 0.00728. The molecule has 4 heteroatoms. The van der Waals surface area contributed by atoms with Crippen LogP contribution in [0, 0.1) is 11.7 Å². The third-order valence-electron chi connectivity index (χ3n) is 4.35. The molecule has 1 aliphatic carbocycles. The zero-order chi connectivity index (χ0) is 15.3. The highest BCUT2D eigenvalue weighted by Gasteiger charge is 2.51. The molecule has 3 nitrogen and oxygen atoms in total. The van der Waals surface area contributed by atoms with Crippen molar-refractivity contribution in [2.75, 3.05) is 13.2 Å². The van der Waals surface area contributed by atoms with Crippen LogP contribution in [0.5, 0.6) is 0 Å². The van der Waals surface area contributed by atoms with Gasteiger partial charge in [-0.25, -0.2) is 4.39 Å². The van der Waals surface area contributed by atoms with Gasteiger partial charge in [0.05, 0.1) is 5.41 Å². The van der Waals surface area contributed by atoms with Gasteiger partial charge in [-0.3, -0.25) is 4.79 Å². The summed E-state index contributed by atoms with van der Waals surface area (Å²) in [6.45, 7) is 2.83. The van der Waals surface area contributed by atoms with Gasteiger partial charge >= 0.3 is 0 Å². The number of hydrogen-bond donors (Lipinski definition) is 2. The number of benzene rings is 1. The van der Waals surface area contributed by atoms with Gasteiger partial charge in [-0.1, -0.05) is 25.5 Å². The topological polar surface area (TPSA) is 49.3 Å². The number of nitrogens with one attached hydrogen (secondary N) is 1. The molecule has 0 aliphatic heterocycles. The van der Waals surface area contributed by atoms with Crippen LogP contribution in [0.3, 0.4) is 0 Å². The van der Waals surface area contributed by atoms with E-state index in [0.717, 1.165) is 31.2 Å². The zero-order valence-corrected chi connectivity index (χ0v) is 12.6. The van der Waals surface area contributed by atoms with E-state index in [2.05, 4.69) is 12.2 Å². The van der Waals surface area contributed by atoms with Crippen molar-refractivity contribution in [1.29, 1.82) is 0 Å². The van der Waals surface area contributed by atoms with Gasteiger partial charge < -0.3 is 10.4 Å². The maximum atomic E-state index is 13.3. The van der Waals surface area contributed by atoms with Gasteiger partial charge in [0.2, 0.25) is 5.91 Å². The lowest BCUT2D eigenvalue weighted by Crippen LogP contribution is -2.37. The molecule has 0 aromatic heterocycles. The number of hydrogen-bond acceptors (Lipinski definition) is 2. The first-order chi connectivity index (χ1) is 10.1. The van der Waals surface area contributed by atoms with Gasteiger partial charge in [-0.05, 0) is 49.3 Å². The molecule has 1 atom stereocenters. The monoisotopic (exact) mass is 293 g/mol. The lowest BCUT2D eigenvalue weighted by atomic mass is 9.94. The molecule has 2 rings (SSSR count). The van der Waals surface area contributed by atoms with Crippen LogP contribution in [0.1, 0.15) is 44.6 Å². The largest absolute Gasteiger partial charge is 0.396 e. The molecule has 1 saturated carbocycles. The van der Waals surface area contributed by atoms with E-state index in [4.69, 9.17) is 5.11 Å². The van der Waals surface area contributed by atoms with Crippen LogP contribution in [0.15, 0.2) is 24.3 Å². The van der Waals surface area contributed by atoms with Gasteiger partial charge in [0.1, 0.15) is 5.82 Å². The molecular weight excluding hydrogens is 269 g/mol. The second-order valence-corrected chi connectivity index (χ2v) is 5.97. The Morgan fingerprint density at radius 3 is 2.76 bits per heavy atom. The highest BCUT2D eigenvalue weighted by Crippen LogP contribution is 2.48. The second kappa shape index (κ2) is 7.03. The van der Waals surface area contributed by atoms with Crippen molar-refractivity contribution in [3.8, 4) is 0 Å². The average molecular weight is 293 g/mol. The van der Waals surface area contributed by atoms with Crippen molar-refractivity contribution in [2.45, 2.75) is 44.4 Å². The molecule has 21 heavy (non-hydrogen) atoms. The Morgan fingerprint density at radius 2 is 2.19 bits per heavy atom. The molecule has 2 N–H and O–H groups in total. The molecule has 1 aromatic carbocycles. The summed E-state index contributed by atoms with van der Waals surface area (Å²) < 4.78 is 13.3. The van der Waals surface area contributed by atoms with Gasteiger partial charge in [0, 0.05) is 13.2 Å². The van der Waals surface area contributed by atoms with Gasteiger partial charge in [-0.15, -0.1) is 0 Å². The van der Waals surface area contributed by atoms with E-state index in [1.807, 2.05) is 6.07 Å². The van der Waals surface area contributed by atoms with E-state index in [9.17, 15) is 9.18 Å². The van der Waals surface area contributed by atoms with Crippen LogP contribution in [-0.4, -0.2) is 24.2 Å². The molecule has 0 heterocycles. The first-order valence-corrected chi connectivity index (χ1v) is 7.77. The van der Waals surface area contributed by atoms with Crippen LogP contribution in [0.25, 0.3) is 0 Å². The zero-order valence-electron chi connectivity index (χ0n) is 12.6. The van der Waals surface area contributed by atoms with Crippen molar-refractivity contribution in [3.63, 3.8) is 0 Å². The van der Waals surface area contributed by atoms with Gasteiger partial charge in [-0.2, -0.15) is 0 Å². The summed E-state index contributed by atoms with van der Waals surface area (Å²) in [4.78, 5) is 12.5. The molecule has 1 unspecified atom stereocenters. The number of carbonyl (C=O) groups is 1. The molecule has 1 amide bonds. The predicted octanol–water partition coefficient (Wildman–Crippen LogP) is 2.77. The second-order valence-electron chi connectivity index (χ2n) is 5.97. The minimum atomic E-state index is -0.530. The van der Waals surface area contributed by atoms with Crippen molar-refractivity contribution in [2.24, 2.45) is 5.92 Å². The van der Waals surface area contributed by atoms with Crippen molar-refractivity contribution in [1.82, 2.24) is 5.32 Å². The number of amides is 1. The highest BCUT2D eigenvalue weighted by molar-refractivity contribution is 5.91. The first-order valence-electron chi connectivity index (χ1n) is 7.77. The number of halogens is 1. The van der Waals surface area contributed by atoms with Crippen LogP contribution >= 0.6 is 0 Å². The van der Waals surface area contributed by atoms with Crippen LogP contribution < -0.4 is 5.32 Å². The Kier molecular flexibility index (Phi) is 5.34. The average Bonchev–Trinajstić information content (AvgIpc) is 3.26. The standard InChI is InChI=1S/C17H24FNO2/c1-2-4-13(7-10-20)12-19-16(21)17(8-9-17)14-5-3-6-15(18)11-14/h3,5-6,11,13,20H,2,4,7-10,12H2,1H3,(H,19,21). The lowest BCUT2D eigenvalue weighted by molar-refractivity contribution is -0.123. The summed E-state index contributed by atoms with van der Waals surface area (Å²) in [6.07, 6.45) is 4.30. The van der Waals surface area contributed by atoms with E-state index < -0.39 is 5.41 Å². The molecule has 1 aromatic rings. The van der Waals surface area contributed by atoms with Crippen LogP contribution in [0.4, 0.5) is 4.39 Å². The fourth-order valence-corrected chi connectivity index (χ4v) is 2.90. The Morgan fingerprint density at radius 1 is 1.43 bits per heavy atom. The fourth-order valence-electron chi connectivity index (χ4n) is 2.90. The third kappa shape index (κ3) is 3.82. The molecule has 0 saturated heterocycles. The Labute approximate surface area is 125 Å². The number of rotatable bonds is 8. The number of aliphatic hydroxyl groups is 1. The molecule has 1 aliphatic rings. The summed E-state index contributed by atoms with van der Waals surface area (Å²) in [5.41, 5.74) is 0.243. The quantitative estimate of drug-likeness (QED) is 0.774. The summed E-state index contributed by atoms with van der Waals surface area (Å²) in [5.74, 6) is 0.00937. The molecule has 1 fully saturated rings. The van der Waals surface area contributed by atoms with Crippen LogP contribution in [0.2, 0.25) is 0 Å². The maximum absolute atomic E-state index is 13.3. The van der Waals surface area contributed by atoms with Crippen molar-refractivity contribution >= 4 is 5.91 Å². The molecule has 0 radical (unpaired) electrons. The summed E-state index contributed by atoms with van der Waals surface area (Å²) >= 11 is 0. The normalized spacial score (nSPS) is 17.3. The lowest BCUT2D eigenvalue weighted by Gasteiger charge is -2.20. The van der Waals surface area contributed by atoms with E-state index in [1.54, 1.807) is 6.07 Å². The Bertz CT molecular complexity index is 479. The predicted molar refractivity (Wildman–Crippen MR) is 80.4 cm³/mol. The van der Waals surface area contributed by atoms with Crippen molar-refractivity contribution < 1.29 is 14.3 Å². The number of carbonyl (C=O) groups excluding carboxylic acids is 1. The van der Waals surface area contributed by atoms with E-state index in [-0.39, 0.29) is 18.3 Å². The summed E-state index contributed by atoms with van der Waals surface area (Å²) in [7, 11) is 0. The molecule has 0 bridgehead atoms. The Balaban J connectivity index is 1.96. The van der Waals surface area contributed by atoms with E-state index in [1.165, 1.54) is 12.1 Å².